The topological polar surface area (TPSA) is 46.2 Å². The minimum Gasteiger partial charge on any atom is -0.278 e. The van der Waals surface area contributed by atoms with Gasteiger partial charge in [0.2, 0.25) is 0 Å². The van der Waals surface area contributed by atoms with E-state index in [0.29, 0.717) is 15.2 Å². The summed E-state index contributed by atoms with van der Waals surface area (Å²) in [6.07, 6.45) is 0. The molecule has 0 bridgehead atoms. The Hall–Kier alpha value is -0.750. The van der Waals surface area contributed by atoms with E-state index in [1.54, 1.807) is 24.3 Å². The standard InChI is InChI=1S/C13H10BrCl2NO2S/c1-8-6-9(14)12(7-11(8)16)17-20(18,19)13-5-3-2-4-10(13)15/h2-7,17H,1H3. The summed E-state index contributed by atoms with van der Waals surface area (Å²) in [6, 6.07) is 9.53. The van der Waals surface area contributed by atoms with Gasteiger partial charge in [0.15, 0.2) is 0 Å². The van der Waals surface area contributed by atoms with Crippen LogP contribution in [0.2, 0.25) is 10.0 Å². The zero-order valence-corrected chi connectivity index (χ0v) is 14.2. The predicted molar refractivity (Wildman–Crippen MR) is 86.1 cm³/mol. The van der Waals surface area contributed by atoms with E-state index < -0.39 is 10.0 Å². The maximum absolute atomic E-state index is 12.3. The predicted octanol–water partition coefficient (Wildman–Crippen LogP) is 4.87. The van der Waals surface area contributed by atoms with Crippen molar-refractivity contribution < 1.29 is 8.42 Å². The highest BCUT2D eigenvalue weighted by Gasteiger charge is 2.19. The molecule has 20 heavy (non-hydrogen) atoms. The van der Waals surface area contributed by atoms with Gasteiger partial charge in [-0.25, -0.2) is 8.42 Å². The highest BCUT2D eigenvalue weighted by molar-refractivity contribution is 9.10. The van der Waals surface area contributed by atoms with Crippen LogP contribution in [0.5, 0.6) is 0 Å². The maximum Gasteiger partial charge on any atom is 0.263 e. The van der Waals surface area contributed by atoms with Crippen LogP contribution in [0.4, 0.5) is 5.69 Å². The normalized spacial score (nSPS) is 11.4. The Balaban J connectivity index is 2.44. The quantitative estimate of drug-likeness (QED) is 0.807. The molecule has 0 aliphatic carbocycles. The van der Waals surface area contributed by atoms with Crippen LogP contribution in [0.15, 0.2) is 45.8 Å². The van der Waals surface area contributed by atoms with Crippen molar-refractivity contribution in [2.45, 2.75) is 11.8 Å². The largest absolute Gasteiger partial charge is 0.278 e. The summed E-state index contributed by atoms with van der Waals surface area (Å²) in [5.41, 5.74) is 1.21. The summed E-state index contributed by atoms with van der Waals surface area (Å²) in [5, 5.41) is 0.638. The second-order valence-electron chi connectivity index (χ2n) is 4.12. The average molecular weight is 395 g/mol. The number of aryl methyl sites for hydroxylation is 1. The molecule has 0 spiro atoms. The summed E-state index contributed by atoms with van der Waals surface area (Å²) in [4.78, 5) is 0.0188. The molecule has 0 aliphatic rings. The molecule has 3 nitrogen and oxygen atoms in total. The van der Waals surface area contributed by atoms with E-state index in [-0.39, 0.29) is 9.92 Å². The van der Waals surface area contributed by atoms with Crippen LogP contribution >= 0.6 is 39.1 Å². The third kappa shape index (κ3) is 3.28. The smallest absolute Gasteiger partial charge is 0.263 e. The van der Waals surface area contributed by atoms with Crippen LogP contribution in [0.1, 0.15) is 5.56 Å². The van der Waals surface area contributed by atoms with E-state index in [2.05, 4.69) is 20.7 Å². The number of sulfonamides is 1. The van der Waals surface area contributed by atoms with Gasteiger partial charge in [0.05, 0.1) is 10.7 Å². The van der Waals surface area contributed by atoms with Crippen molar-refractivity contribution in [1.82, 2.24) is 0 Å². The van der Waals surface area contributed by atoms with Crippen molar-refractivity contribution >= 4 is 54.8 Å². The summed E-state index contributed by atoms with van der Waals surface area (Å²) in [6.45, 7) is 1.83. The zero-order chi connectivity index (χ0) is 14.9. The molecule has 2 rings (SSSR count). The van der Waals surface area contributed by atoms with Crippen molar-refractivity contribution in [2.24, 2.45) is 0 Å². The van der Waals surface area contributed by atoms with Crippen molar-refractivity contribution in [3.05, 3.63) is 56.5 Å². The molecule has 0 fully saturated rings. The zero-order valence-electron chi connectivity index (χ0n) is 10.3. The van der Waals surface area contributed by atoms with Gasteiger partial charge in [-0.3, -0.25) is 4.72 Å². The Morgan fingerprint density at radius 1 is 1.10 bits per heavy atom. The van der Waals surface area contributed by atoms with E-state index in [1.165, 1.54) is 12.1 Å². The molecule has 1 N–H and O–H groups in total. The molecule has 0 aromatic heterocycles. The fourth-order valence-electron chi connectivity index (χ4n) is 1.59. The van der Waals surface area contributed by atoms with Crippen LogP contribution < -0.4 is 4.72 Å². The molecule has 106 valence electrons. The van der Waals surface area contributed by atoms with E-state index in [9.17, 15) is 8.42 Å². The third-order valence-electron chi connectivity index (χ3n) is 2.62. The summed E-state index contributed by atoms with van der Waals surface area (Å²) in [7, 11) is -3.77. The van der Waals surface area contributed by atoms with Crippen molar-refractivity contribution in [1.29, 1.82) is 0 Å². The van der Waals surface area contributed by atoms with Gasteiger partial charge in [0.1, 0.15) is 4.90 Å². The summed E-state index contributed by atoms with van der Waals surface area (Å²) >= 11 is 15.2. The lowest BCUT2D eigenvalue weighted by Gasteiger charge is -2.12. The van der Waals surface area contributed by atoms with Crippen LogP contribution in [0.3, 0.4) is 0 Å². The van der Waals surface area contributed by atoms with Gasteiger partial charge in [-0.2, -0.15) is 0 Å². The molecule has 0 unspecified atom stereocenters. The van der Waals surface area contributed by atoms with E-state index >= 15 is 0 Å². The number of rotatable bonds is 3. The third-order valence-corrected chi connectivity index (χ3v) is 5.55. The van der Waals surface area contributed by atoms with Crippen molar-refractivity contribution in [3.8, 4) is 0 Å². The average Bonchev–Trinajstić information content (AvgIpc) is 2.36. The first kappa shape index (κ1) is 15.6. The molecular weight excluding hydrogens is 385 g/mol. The van der Waals surface area contributed by atoms with Gasteiger partial charge in [-0.05, 0) is 52.7 Å². The Morgan fingerprint density at radius 2 is 1.75 bits per heavy atom. The fourth-order valence-corrected chi connectivity index (χ4v) is 4.03. The second-order valence-corrected chi connectivity index (χ2v) is 7.44. The molecule has 0 aliphatic heterocycles. The van der Waals surface area contributed by atoms with Gasteiger partial charge in [0, 0.05) is 9.50 Å². The van der Waals surface area contributed by atoms with Crippen molar-refractivity contribution in [2.75, 3.05) is 4.72 Å². The number of halogens is 3. The molecule has 0 heterocycles. The monoisotopic (exact) mass is 393 g/mol. The first-order chi connectivity index (χ1) is 9.31. The first-order valence-corrected chi connectivity index (χ1v) is 8.57. The number of nitrogens with one attached hydrogen (secondary N) is 1. The highest BCUT2D eigenvalue weighted by atomic mass is 79.9. The molecule has 2 aromatic carbocycles. The molecule has 2 aromatic rings. The van der Waals surface area contributed by atoms with E-state index in [1.807, 2.05) is 6.92 Å². The number of hydrogen-bond acceptors (Lipinski definition) is 2. The number of hydrogen-bond donors (Lipinski definition) is 1. The molecule has 0 atom stereocenters. The van der Waals surface area contributed by atoms with Crippen LogP contribution in [-0.4, -0.2) is 8.42 Å². The molecule has 0 radical (unpaired) electrons. The van der Waals surface area contributed by atoms with Gasteiger partial charge >= 0.3 is 0 Å². The Bertz CT molecular complexity index is 763. The Morgan fingerprint density at radius 3 is 2.40 bits per heavy atom. The van der Waals surface area contributed by atoms with E-state index in [4.69, 9.17) is 23.2 Å². The lowest BCUT2D eigenvalue weighted by atomic mass is 10.2. The summed E-state index contributed by atoms with van der Waals surface area (Å²) in [5.74, 6) is 0. The highest BCUT2D eigenvalue weighted by Crippen LogP contribution is 2.31. The molecule has 7 heteroatoms. The minimum absolute atomic E-state index is 0.0188. The van der Waals surface area contributed by atoms with E-state index in [0.717, 1.165) is 5.56 Å². The van der Waals surface area contributed by atoms with Gasteiger partial charge in [-0.15, -0.1) is 0 Å². The minimum atomic E-state index is -3.77. The van der Waals surface area contributed by atoms with Crippen molar-refractivity contribution in [3.63, 3.8) is 0 Å². The maximum atomic E-state index is 12.3. The SMILES string of the molecule is Cc1cc(Br)c(NS(=O)(=O)c2ccccc2Cl)cc1Cl. The Kier molecular flexibility index (Phi) is 4.64. The Labute approximate surface area is 136 Å². The lowest BCUT2D eigenvalue weighted by Crippen LogP contribution is -2.13. The molecule has 0 amide bonds. The summed E-state index contributed by atoms with van der Waals surface area (Å²) < 4.78 is 27.7. The first-order valence-electron chi connectivity index (χ1n) is 5.54. The molecule has 0 saturated heterocycles. The second kappa shape index (κ2) is 5.93. The van der Waals surface area contributed by atoms with Crippen LogP contribution in [-0.2, 0) is 10.0 Å². The number of benzene rings is 2. The molecule has 0 saturated carbocycles. The van der Waals surface area contributed by atoms with Gasteiger partial charge < -0.3 is 0 Å². The fraction of sp³-hybridized carbons (Fsp3) is 0.0769. The molecular formula is C13H10BrCl2NO2S. The van der Waals surface area contributed by atoms with Crippen LogP contribution in [0.25, 0.3) is 0 Å². The lowest BCUT2D eigenvalue weighted by molar-refractivity contribution is 0.601. The number of anilines is 1. The van der Waals surface area contributed by atoms with Crippen LogP contribution in [0, 0.1) is 6.92 Å². The van der Waals surface area contributed by atoms with Gasteiger partial charge in [-0.1, -0.05) is 35.3 Å². The van der Waals surface area contributed by atoms with Gasteiger partial charge in [0.25, 0.3) is 10.0 Å².